The van der Waals surface area contributed by atoms with Gasteiger partial charge in [0, 0.05) is 12.2 Å². The molecule has 1 N–H and O–H groups in total. The van der Waals surface area contributed by atoms with Crippen molar-refractivity contribution in [1.82, 2.24) is 9.88 Å². The average Bonchev–Trinajstić information content (AvgIpc) is 2.50. The first-order valence-corrected chi connectivity index (χ1v) is 4.04. The van der Waals surface area contributed by atoms with Gasteiger partial charge in [-0.3, -0.25) is 0 Å². The zero-order chi connectivity index (χ0) is 9.84. The Labute approximate surface area is 77.5 Å². The second-order valence-electron chi connectivity index (χ2n) is 3.13. The first-order chi connectivity index (χ1) is 6.13. The van der Waals surface area contributed by atoms with E-state index < -0.39 is 0 Å². The molecule has 1 heterocycles. The molecule has 0 fully saturated rings. The molecule has 0 aliphatic rings. The number of nitrogens with one attached hydrogen (secondary N) is 1. The quantitative estimate of drug-likeness (QED) is 0.705. The van der Waals surface area contributed by atoms with E-state index in [4.69, 9.17) is 0 Å². The lowest BCUT2D eigenvalue weighted by Crippen LogP contribution is -2.11. The Hall–Kier alpha value is -1.29. The molecule has 72 valence electrons. The monoisotopic (exact) mass is 182 g/mol. The van der Waals surface area contributed by atoms with Gasteiger partial charge in [0.25, 0.3) is 0 Å². The Bertz CT molecular complexity index is 292. The molecule has 0 radical (unpaired) electrons. The molecule has 0 saturated carbocycles. The summed E-state index contributed by atoms with van der Waals surface area (Å²) in [6.45, 7) is 0.789. The molecule has 1 rings (SSSR count). The van der Waals surface area contributed by atoms with Gasteiger partial charge < -0.3 is 14.6 Å². The molecule has 0 aliphatic heterocycles. The van der Waals surface area contributed by atoms with Crippen LogP contribution in [0.5, 0.6) is 0 Å². The number of methoxy groups -OCH3 is 1. The lowest BCUT2D eigenvalue weighted by atomic mass is 10.4. The summed E-state index contributed by atoms with van der Waals surface area (Å²) in [4.78, 5) is 16.0. The van der Waals surface area contributed by atoms with E-state index in [2.05, 4.69) is 9.72 Å². The van der Waals surface area contributed by atoms with E-state index in [9.17, 15) is 4.79 Å². The Kier molecular flexibility index (Phi) is 3.08. The first-order valence-electron chi connectivity index (χ1n) is 4.04. The van der Waals surface area contributed by atoms with Crippen LogP contribution in [0.4, 0.5) is 0 Å². The number of carbonyl (C=O) groups is 1. The highest BCUT2D eigenvalue weighted by molar-refractivity contribution is 5.87. The fourth-order valence-corrected chi connectivity index (χ4v) is 1.10. The minimum absolute atomic E-state index is 0.329. The largest absolute Gasteiger partial charge is 0.464 e. The van der Waals surface area contributed by atoms with E-state index in [1.54, 1.807) is 6.07 Å². The summed E-state index contributed by atoms with van der Waals surface area (Å²) >= 11 is 0. The minimum atomic E-state index is -0.329. The van der Waals surface area contributed by atoms with Crippen LogP contribution < -0.4 is 0 Å². The maximum atomic E-state index is 11.0. The lowest BCUT2D eigenvalue weighted by molar-refractivity contribution is 0.0594. The van der Waals surface area contributed by atoms with E-state index in [0.717, 1.165) is 12.2 Å². The highest BCUT2D eigenvalue weighted by atomic mass is 16.5. The molecular formula is C9H14N2O2. The van der Waals surface area contributed by atoms with Gasteiger partial charge in [-0.25, -0.2) is 4.79 Å². The third kappa shape index (κ3) is 2.59. The van der Waals surface area contributed by atoms with Crippen molar-refractivity contribution in [2.24, 2.45) is 0 Å². The summed E-state index contributed by atoms with van der Waals surface area (Å²) in [5, 5.41) is 0. The van der Waals surface area contributed by atoms with Crippen molar-refractivity contribution >= 4 is 5.97 Å². The molecule has 0 unspecified atom stereocenters. The van der Waals surface area contributed by atoms with Crippen LogP contribution in [0.1, 0.15) is 16.2 Å². The molecule has 1 aromatic heterocycles. The van der Waals surface area contributed by atoms with E-state index in [1.807, 2.05) is 25.1 Å². The SMILES string of the molecule is COC(=O)c1ccc(CN(C)C)[nH]1. The third-order valence-corrected chi connectivity index (χ3v) is 1.64. The topological polar surface area (TPSA) is 45.3 Å². The van der Waals surface area contributed by atoms with Gasteiger partial charge >= 0.3 is 5.97 Å². The van der Waals surface area contributed by atoms with Gasteiger partial charge in [-0.2, -0.15) is 0 Å². The Morgan fingerprint density at radius 1 is 1.54 bits per heavy atom. The van der Waals surface area contributed by atoms with Gasteiger partial charge in [0.15, 0.2) is 0 Å². The van der Waals surface area contributed by atoms with E-state index in [0.29, 0.717) is 5.69 Å². The Balaban J connectivity index is 2.69. The van der Waals surface area contributed by atoms with Gasteiger partial charge in [-0.1, -0.05) is 0 Å². The predicted octanol–water partition coefficient (Wildman–Crippen LogP) is 0.863. The molecule has 4 nitrogen and oxygen atoms in total. The number of esters is 1. The van der Waals surface area contributed by atoms with Crippen molar-refractivity contribution in [2.45, 2.75) is 6.54 Å². The highest BCUT2D eigenvalue weighted by Crippen LogP contribution is 2.04. The van der Waals surface area contributed by atoms with Crippen LogP contribution in [0, 0.1) is 0 Å². The molecule has 4 heteroatoms. The number of rotatable bonds is 3. The van der Waals surface area contributed by atoms with Gasteiger partial charge in [0.1, 0.15) is 5.69 Å². The number of aromatic nitrogens is 1. The number of hydrogen-bond acceptors (Lipinski definition) is 3. The number of aromatic amines is 1. The standard InChI is InChI=1S/C9H14N2O2/c1-11(2)6-7-4-5-8(10-7)9(12)13-3/h4-5,10H,6H2,1-3H3. The average molecular weight is 182 g/mol. The molecule has 0 spiro atoms. The molecule has 0 aliphatic carbocycles. The van der Waals surface area contributed by atoms with Gasteiger partial charge in [-0.15, -0.1) is 0 Å². The van der Waals surface area contributed by atoms with Crippen LogP contribution in [0.3, 0.4) is 0 Å². The third-order valence-electron chi connectivity index (χ3n) is 1.64. The first kappa shape index (κ1) is 9.80. The van der Waals surface area contributed by atoms with Crippen molar-refractivity contribution < 1.29 is 9.53 Å². The molecule has 0 bridgehead atoms. The fourth-order valence-electron chi connectivity index (χ4n) is 1.10. The fraction of sp³-hybridized carbons (Fsp3) is 0.444. The number of hydrogen-bond donors (Lipinski definition) is 1. The molecule has 1 aromatic rings. The number of ether oxygens (including phenoxy) is 1. The Morgan fingerprint density at radius 2 is 2.23 bits per heavy atom. The summed E-state index contributed by atoms with van der Waals surface area (Å²) in [7, 11) is 5.31. The van der Waals surface area contributed by atoms with Crippen LogP contribution in [-0.4, -0.2) is 37.1 Å². The van der Waals surface area contributed by atoms with Crippen molar-refractivity contribution in [3.8, 4) is 0 Å². The number of nitrogens with zero attached hydrogens (tertiary/aromatic N) is 1. The van der Waals surface area contributed by atoms with Gasteiger partial charge in [0.2, 0.25) is 0 Å². The van der Waals surface area contributed by atoms with Crippen molar-refractivity contribution in [1.29, 1.82) is 0 Å². The second-order valence-corrected chi connectivity index (χ2v) is 3.13. The van der Waals surface area contributed by atoms with Crippen molar-refractivity contribution in [2.75, 3.05) is 21.2 Å². The number of carbonyl (C=O) groups excluding carboxylic acids is 1. The van der Waals surface area contributed by atoms with Crippen LogP contribution >= 0.6 is 0 Å². The number of H-pyrrole nitrogens is 1. The molecule has 0 atom stereocenters. The van der Waals surface area contributed by atoms with Gasteiger partial charge in [-0.05, 0) is 26.2 Å². The molecule has 0 saturated heterocycles. The predicted molar refractivity (Wildman–Crippen MR) is 49.5 cm³/mol. The van der Waals surface area contributed by atoms with E-state index in [-0.39, 0.29) is 5.97 Å². The molecule has 0 amide bonds. The maximum Gasteiger partial charge on any atom is 0.354 e. The van der Waals surface area contributed by atoms with Gasteiger partial charge in [0.05, 0.1) is 7.11 Å². The van der Waals surface area contributed by atoms with Crippen LogP contribution in [-0.2, 0) is 11.3 Å². The Morgan fingerprint density at radius 3 is 2.77 bits per heavy atom. The smallest absolute Gasteiger partial charge is 0.354 e. The van der Waals surface area contributed by atoms with E-state index >= 15 is 0 Å². The molecule has 0 aromatic carbocycles. The second kappa shape index (κ2) is 4.09. The van der Waals surface area contributed by atoms with Crippen LogP contribution in [0.15, 0.2) is 12.1 Å². The van der Waals surface area contributed by atoms with E-state index in [1.165, 1.54) is 7.11 Å². The highest BCUT2D eigenvalue weighted by Gasteiger charge is 2.07. The van der Waals surface area contributed by atoms with Crippen LogP contribution in [0.25, 0.3) is 0 Å². The minimum Gasteiger partial charge on any atom is -0.464 e. The maximum absolute atomic E-state index is 11.0. The molecular weight excluding hydrogens is 168 g/mol. The lowest BCUT2D eigenvalue weighted by Gasteiger charge is -2.06. The molecule has 13 heavy (non-hydrogen) atoms. The van der Waals surface area contributed by atoms with Crippen molar-refractivity contribution in [3.63, 3.8) is 0 Å². The summed E-state index contributed by atoms with van der Waals surface area (Å²) in [5.41, 5.74) is 1.50. The summed E-state index contributed by atoms with van der Waals surface area (Å²) in [6.07, 6.45) is 0. The summed E-state index contributed by atoms with van der Waals surface area (Å²) in [6, 6.07) is 3.61. The zero-order valence-corrected chi connectivity index (χ0v) is 8.13. The summed E-state index contributed by atoms with van der Waals surface area (Å²) < 4.78 is 4.57. The normalized spacial score (nSPS) is 10.5. The van der Waals surface area contributed by atoms with Crippen molar-refractivity contribution in [3.05, 3.63) is 23.5 Å². The zero-order valence-electron chi connectivity index (χ0n) is 8.13. The summed E-state index contributed by atoms with van der Waals surface area (Å²) in [5.74, 6) is -0.329. The van der Waals surface area contributed by atoms with Crippen LogP contribution in [0.2, 0.25) is 0 Å².